The smallest absolute Gasteiger partial charge is 0.292 e. The number of anilines is 1. The zero-order chi connectivity index (χ0) is 35.5. The number of piperidine rings is 1. The summed E-state index contributed by atoms with van der Waals surface area (Å²) in [6.07, 6.45) is 11.6. The lowest BCUT2D eigenvalue weighted by Gasteiger charge is -2.41. The molecule has 0 spiro atoms. The van der Waals surface area contributed by atoms with Crippen molar-refractivity contribution in [3.63, 3.8) is 0 Å². The molecule has 1 fully saturated rings. The van der Waals surface area contributed by atoms with E-state index in [9.17, 15) is 0 Å². The summed E-state index contributed by atoms with van der Waals surface area (Å²) >= 11 is 1.78. The highest BCUT2D eigenvalue weighted by atomic mass is 32.1. The number of aliphatic hydroxyl groups is 1. The number of fused-ring (bicyclic) bond motifs is 1. The maximum atomic E-state index is 8.95. The number of thiazole rings is 1. The Morgan fingerprint density at radius 2 is 1.69 bits per heavy atom. The van der Waals surface area contributed by atoms with Gasteiger partial charge in [-0.2, -0.15) is 9.61 Å². The van der Waals surface area contributed by atoms with E-state index in [1.807, 2.05) is 6.08 Å². The second-order valence-electron chi connectivity index (χ2n) is 13.7. The molecule has 4 heterocycles. The number of allylic oxidation sites excluding steroid dienone is 2. The van der Waals surface area contributed by atoms with E-state index in [-0.39, 0.29) is 0 Å². The maximum absolute atomic E-state index is 8.95. The van der Waals surface area contributed by atoms with Crippen LogP contribution >= 0.6 is 11.3 Å². The van der Waals surface area contributed by atoms with Crippen LogP contribution in [0.4, 0.5) is 5.82 Å². The Balaban J connectivity index is 0.000000617. The summed E-state index contributed by atoms with van der Waals surface area (Å²) in [6, 6.07) is 10.8. The van der Waals surface area contributed by atoms with Crippen LogP contribution in [0.5, 0.6) is 0 Å². The first-order valence-electron chi connectivity index (χ1n) is 16.9. The molecule has 0 bridgehead atoms. The second-order valence-corrected chi connectivity index (χ2v) is 15.0. The number of rotatable bonds is 11. The molecule has 1 saturated heterocycles. The number of benzene rings is 1. The number of methoxy groups -OCH3 is 1. The van der Waals surface area contributed by atoms with Gasteiger partial charge in [0.15, 0.2) is 5.65 Å². The first kappa shape index (κ1) is 38.6. The largest absolute Gasteiger partial charge is 0.471 e. The van der Waals surface area contributed by atoms with Gasteiger partial charge in [-0.05, 0) is 91.0 Å². The first-order chi connectivity index (χ1) is 22.8. The van der Waals surface area contributed by atoms with E-state index in [4.69, 9.17) is 25.0 Å². The Kier molecular flexibility index (Phi) is 14.1. The quantitative estimate of drug-likeness (QED) is 0.126. The van der Waals surface area contributed by atoms with E-state index in [1.54, 1.807) is 32.1 Å². The van der Waals surface area contributed by atoms with E-state index in [1.165, 1.54) is 42.6 Å². The topological polar surface area (TPSA) is 92.9 Å². The zero-order valence-electron chi connectivity index (χ0n) is 30.3. The molecule has 0 unspecified atom stereocenters. The van der Waals surface area contributed by atoms with Gasteiger partial charge < -0.3 is 14.7 Å². The normalized spacial score (nSPS) is 14.0. The molecule has 5 rings (SSSR count). The molecule has 0 atom stereocenters. The molecule has 1 aliphatic rings. The average Bonchev–Trinajstić information content (AvgIpc) is 3.65. The van der Waals surface area contributed by atoms with Gasteiger partial charge in [0.05, 0.1) is 29.1 Å². The molecule has 260 valence electrons. The van der Waals surface area contributed by atoms with Gasteiger partial charge in [-0.3, -0.25) is 4.79 Å². The Hall–Kier alpha value is -3.82. The van der Waals surface area contributed by atoms with E-state index >= 15 is 0 Å². The molecule has 0 amide bonds. The van der Waals surface area contributed by atoms with Crippen LogP contribution in [0.3, 0.4) is 0 Å². The maximum Gasteiger partial charge on any atom is 0.292 e. The Morgan fingerprint density at radius 1 is 1.06 bits per heavy atom. The van der Waals surface area contributed by atoms with Gasteiger partial charge in [-0.15, -0.1) is 24.5 Å². The highest BCUT2D eigenvalue weighted by Gasteiger charge is 2.31. The monoisotopic (exact) mass is 673 g/mol. The lowest BCUT2D eigenvalue weighted by atomic mass is 9.76. The molecule has 48 heavy (non-hydrogen) atoms. The van der Waals surface area contributed by atoms with Crippen LogP contribution in [0.2, 0.25) is 0 Å². The van der Waals surface area contributed by atoms with E-state index in [2.05, 4.69) is 91.4 Å². The molecule has 4 aromatic rings. The molecule has 0 radical (unpaired) electrons. The molecule has 9 heteroatoms. The van der Waals surface area contributed by atoms with E-state index in [0.717, 1.165) is 77.6 Å². The van der Waals surface area contributed by atoms with Crippen molar-refractivity contribution in [1.29, 1.82) is 0 Å². The molecule has 1 N–H and O–H groups in total. The minimum atomic E-state index is -0.500. The number of hydrogen-bond acceptors (Lipinski definition) is 8. The van der Waals surface area contributed by atoms with Gasteiger partial charge in [-0.1, -0.05) is 44.2 Å². The van der Waals surface area contributed by atoms with Crippen LogP contribution in [0.25, 0.3) is 28.2 Å². The highest BCUT2D eigenvalue weighted by Crippen LogP contribution is 2.39. The second kappa shape index (κ2) is 17.5. The molecule has 0 saturated carbocycles. The third-order valence-corrected chi connectivity index (χ3v) is 9.39. The number of aryl methyl sites for hydroxylation is 3. The number of carbonyl (C=O) groups excluding carboxylic acids is 1. The molecule has 1 aromatic carbocycles. The Morgan fingerprint density at radius 3 is 2.27 bits per heavy atom. The molecule has 3 aromatic heterocycles. The number of aromatic nitrogens is 4. The average molecular weight is 674 g/mol. The van der Waals surface area contributed by atoms with Crippen LogP contribution < -0.4 is 4.90 Å². The van der Waals surface area contributed by atoms with Gasteiger partial charge in [0, 0.05) is 46.4 Å². The standard InChI is InChI=1S/C33H41N5S.C4H10O.C2H4O2/c1-7-10-15-29-31(35-24(5)39-29)26-14-12-13-25(21-26)28-22-30-34-23(4)27(9-3)32(38(30)36-28)37-19-17-33(6,18-20-37)16-11-8-2;1-4(2,3)5;1-4-2-3/h7-8,12-14,21-22H,1-2,9-11,15-20H2,3-6H3;5H,1-3H3;2H,1H3. The molecule has 8 nitrogen and oxygen atoms in total. The Labute approximate surface area is 291 Å². The molecular formula is C39H55N5O3S. The lowest BCUT2D eigenvalue weighted by molar-refractivity contribution is -0.126. The summed E-state index contributed by atoms with van der Waals surface area (Å²) in [6.45, 7) is 24.4. The predicted molar refractivity (Wildman–Crippen MR) is 201 cm³/mol. The molecule has 1 aliphatic heterocycles. The number of nitrogens with zero attached hydrogens (tertiary/aromatic N) is 5. The third-order valence-electron chi connectivity index (χ3n) is 8.36. The van der Waals surface area contributed by atoms with Crippen LogP contribution in [0.15, 0.2) is 55.6 Å². The van der Waals surface area contributed by atoms with Crippen LogP contribution in [0, 0.1) is 19.3 Å². The summed E-state index contributed by atoms with van der Waals surface area (Å²) in [5.74, 6) is 1.22. The Bertz CT molecular complexity index is 1650. The number of ether oxygens (including phenoxy) is 1. The lowest BCUT2D eigenvalue weighted by Crippen LogP contribution is -2.40. The fourth-order valence-electron chi connectivity index (χ4n) is 5.90. The van der Waals surface area contributed by atoms with Crippen molar-refractivity contribution in [2.75, 3.05) is 25.1 Å². The van der Waals surface area contributed by atoms with Crippen molar-refractivity contribution in [3.8, 4) is 22.5 Å². The summed E-state index contributed by atoms with van der Waals surface area (Å²) in [5, 5.41) is 14.8. The van der Waals surface area contributed by atoms with Crippen molar-refractivity contribution >= 4 is 29.3 Å². The van der Waals surface area contributed by atoms with Crippen molar-refractivity contribution in [3.05, 3.63) is 76.8 Å². The summed E-state index contributed by atoms with van der Waals surface area (Å²) < 4.78 is 5.96. The van der Waals surface area contributed by atoms with Gasteiger partial charge in [0.1, 0.15) is 5.82 Å². The summed E-state index contributed by atoms with van der Waals surface area (Å²) in [5.41, 5.74) is 7.46. The third kappa shape index (κ3) is 10.6. The van der Waals surface area contributed by atoms with Crippen molar-refractivity contribution in [2.24, 2.45) is 5.41 Å². The van der Waals surface area contributed by atoms with Crippen LogP contribution in [-0.2, 0) is 22.4 Å². The van der Waals surface area contributed by atoms with Gasteiger partial charge in [-0.25, -0.2) is 9.97 Å². The van der Waals surface area contributed by atoms with E-state index in [0.29, 0.717) is 11.9 Å². The minimum Gasteiger partial charge on any atom is -0.471 e. The predicted octanol–water partition coefficient (Wildman–Crippen LogP) is 8.96. The molecule has 0 aliphatic carbocycles. The number of carbonyl (C=O) groups is 1. The van der Waals surface area contributed by atoms with Crippen molar-refractivity contribution < 1.29 is 14.6 Å². The molecular weight excluding hydrogens is 619 g/mol. The van der Waals surface area contributed by atoms with Crippen molar-refractivity contribution in [1.82, 2.24) is 19.6 Å². The van der Waals surface area contributed by atoms with Gasteiger partial charge in [0.25, 0.3) is 6.47 Å². The fourth-order valence-corrected chi connectivity index (χ4v) is 6.87. The highest BCUT2D eigenvalue weighted by molar-refractivity contribution is 7.12. The number of hydrogen-bond donors (Lipinski definition) is 1. The van der Waals surface area contributed by atoms with E-state index < -0.39 is 5.60 Å². The fraction of sp³-hybridized carbons (Fsp3) is 0.487. The zero-order valence-corrected chi connectivity index (χ0v) is 31.1. The SMILES string of the molecule is C=CCCc1sc(C)nc1-c1cccc(-c2cc3nc(C)c(CC)c(N4CCC(C)(CCC=C)CC4)n3n2)c1.CC(C)(C)O.COC=O. The van der Waals surface area contributed by atoms with Gasteiger partial charge >= 0.3 is 0 Å². The first-order valence-corrected chi connectivity index (χ1v) is 17.7. The van der Waals surface area contributed by atoms with Crippen LogP contribution in [0.1, 0.15) is 87.9 Å². The van der Waals surface area contributed by atoms with Crippen LogP contribution in [-0.4, -0.2) is 57.0 Å². The van der Waals surface area contributed by atoms with Gasteiger partial charge in [0.2, 0.25) is 0 Å². The summed E-state index contributed by atoms with van der Waals surface area (Å²) in [7, 11) is 1.31. The van der Waals surface area contributed by atoms with Crippen molar-refractivity contribution in [2.45, 2.75) is 99.0 Å². The minimum absolute atomic E-state index is 0.375. The summed E-state index contributed by atoms with van der Waals surface area (Å²) in [4.78, 5) is 22.7.